The summed E-state index contributed by atoms with van der Waals surface area (Å²) < 4.78 is 0. The zero-order chi connectivity index (χ0) is 12.3. The Morgan fingerprint density at radius 3 is 2.56 bits per heavy atom. The minimum absolute atomic E-state index is 0.306. The van der Waals surface area contributed by atoms with Gasteiger partial charge in [0, 0.05) is 19.1 Å². The summed E-state index contributed by atoms with van der Waals surface area (Å²) in [6, 6.07) is 0.540. The van der Waals surface area contributed by atoms with E-state index in [1.807, 2.05) is 6.92 Å². The van der Waals surface area contributed by atoms with Gasteiger partial charge in [-0.05, 0) is 46.3 Å². The molecule has 16 heavy (non-hydrogen) atoms. The van der Waals surface area contributed by atoms with Crippen molar-refractivity contribution in [2.75, 3.05) is 33.2 Å². The van der Waals surface area contributed by atoms with Crippen LogP contribution in [0.3, 0.4) is 0 Å². The van der Waals surface area contributed by atoms with E-state index in [1.54, 1.807) is 0 Å². The Hall–Kier alpha value is -0.120. The van der Waals surface area contributed by atoms with Crippen LogP contribution < -0.4 is 0 Å². The molecule has 0 radical (unpaired) electrons. The van der Waals surface area contributed by atoms with E-state index in [9.17, 15) is 5.11 Å². The molecule has 1 N–H and O–H groups in total. The maximum Gasteiger partial charge on any atom is 0.0768 e. The summed E-state index contributed by atoms with van der Waals surface area (Å²) >= 11 is 0. The fraction of sp³-hybridized carbons (Fsp3) is 1.00. The Bertz CT molecular complexity index is 216. The molecule has 1 rings (SSSR count). The molecule has 1 fully saturated rings. The Morgan fingerprint density at radius 1 is 1.38 bits per heavy atom. The minimum Gasteiger partial charge on any atom is -0.389 e. The highest BCUT2D eigenvalue weighted by Crippen LogP contribution is 2.20. The van der Waals surface area contributed by atoms with Crippen LogP contribution in [-0.2, 0) is 0 Å². The smallest absolute Gasteiger partial charge is 0.0768 e. The van der Waals surface area contributed by atoms with Crippen molar-refractivity contribution in [3.8, 4) is 0 Å². The van der Waals surface area contributed by atoms with Gasteiger partial charge >= 0.3 is 0 Å². The van der Waals surface area contributed by atoms with Crippen LogP contribution in [0.4, 0.5) is 0 Å². The van der Waals surface area contributed by atoms with Crippen molar-refractivity contribution >= 4 is 0 Å². The number of hydrogen-bond donors (Lipinski definition) is 1. The lowest BCUT2D eigenvalue weighted by molar-refractivity contribution is -0.0266. The maximum atomic E-state index is 10.4. The molecule has 3 nitrogen and oxygen atoms in total. The van der Waals surface area contributed by atoms with E-state index in [0.29, 0.717) is 12.0 Å². The summed E-state index contributed by atoms with van der Waals surface area (Å²) in [6.07, 6.45) is 1.20. The molecule has 0 bridgehead atoms. The molecule has 1 aliphatic heterocycles. The summed E-state index contributed by atoms with van der Waals surface area (Å²) in [5.41, 5.74) is -0.572. The molecule has 96 valence electrons. The average Bonchev–Trinajstić information content (AvgIpc) is 2.28. The number of likely N-dealkylation sites (N-methyl/N-ethyl adjacent to an activating group) is 1. The SMILES string of the molecule is CC1CN(C)CCCN1CC(C)(O)C(C)C. The lowest BCUT2D eigenvalue weighted by Crippen LogP contribution is -2.49. The lowest BCUT2D eigenvalue weighted by Gasteiger charge is -2.37. The molecule has 0 aromatic heterocycles. The predicted molar refractivity (Wildman–Crippen MR) is 68.6 cm³/mol. The summed E-state index contributed by atoms with van der Waals surface area (Å²) in [6.45, 7) is 12.6. The van der Waals surface area contributed by atoms with Crippen molar-refractivity contribution in [1.29, 1.82) is 0 Å². The highest BCUT2D eigenvalue weighted by molar-refractivity contribution is 4.85. The average molecular weight is 228 g/mol. The van der Waals surface area contributed by atoms with Crippen LogP contribution in [0.5, 0.6) is 0 Å². The number of hydrogen-bond acceptors (Lipinski definition) is 3. The molecule has 1 aliphatic rings. The molecule has 0 aromatic rings. The van der Waals surface area contributed by atoms with Crippen molar-refractivity contribution in [2.24, 2.45) is 5.92 Å². The van der Waals surface area contributed by atoms with Gasteiger partial charge in [0.15, 0.2) is 0 Å². The van der Waals surface area contributed by atoms with Crippen molar-refractivity contribution in [3.63, 3.8) is 0 Å². The molecule has 2 unspecified atom stereocenters. The van der Waals surface area contributed by atoms with Gasteiger partial charge in [-0.3, -0.25) is 4.90 Å². The normalized spacial score (nSPS) is 29.1. The van der Waals surface area contributed by atoms with E-state index >= 15 is 0 Å². The van der Waals surface area contributed by atoms with E-state index in [4.69, 9.17) is 0 Å². The van der Waals surface area contributed by atoms with Gasteiger partial charge in [-0.1, -0.05) is 13.8 Å². The van der Waals surface area contributed by atoms with Gasteiger partial charge in [0.05, 0.1) is 5.60 Å². The Kier molecular flexibility index (Phi) is 4.77. The van der Waals surface area contributed by atoms with Crippen LogP contribution in [0.15, 0.2) is 0 Å². The molecule has 0 saturated carbocycles. The maximum absolute atomic E-state index is 10.4. The van der Waals surface area contributed by atoms with Crippen LogP contribution in [0.1, 0.15) is 34.1 Å². The highest BCUT2D eigenvalue weighted by atomic mass is 16.3. The molecule has 0 amide bonds. The molecule has 0 aromatic carbocycles. The number of aliphatic hydroxyl groups is 1. The quantitative estimate of drug-likeness (QED) is 0.791. The monoisotopic (exact) mass is 228 g/mol. The number of β-amino-alcohol motifs (C(OH)–C–C–N with tert-alkyl or cyclic N) is 1. The summed E-state index contributed by atoms with van der Waals surface area (Å²) in [5.74, 6) is 0.306. The standard InChI is InChI=1S/C13H28N2O/c1-11(2)13(4,16)10-15-8-6-7-14(5)9-12(15)3/h11-12,16H,6-10H2,1-5H3. The van der Waals surface area contributed by atoms with Gasteiger partial charge in [0.25, 0.3) is 0 Å². The lowest BCUT2D eigenvalue weighted by atomic mass is 9.91. The van der Waals surface area contributed by atoms with Crippen molar-refractivity contribution in [1.82, 2.24) is 9.80 Å². The van der Waals surface area contributed by atoms with Gasteiger partial charge in [0.1, 0.15) is 0 Å². The van der Waals surface area contributed by atoms with Crippen LogP contribution >= 0.6 is 0 Å². The van der Waals surface area contributed by atoms with Gasteiger partial charge < -0.3 is 10.0 Å². The van der Waals surface area contributed by atoms with Crippen LogP contribution in [0, 0.1) is 5.92 Å². The van der Waals surface area contributed by atoms with Gasteiger partial charge in [0.2, 0.25) is 0 Å². The predicted octanol–water partition coefficient (Wildman–Crippen LogP) is 1.42. The first kappa shape index (κ1) is 13.9. The highest BCUT2D eigenvalue weighted by Gasteiger charge is 2.30. The van der Waals surface area contributed by atoms with Gasteiger partial charge in [-0.15, -0.1) is 0 Å². The second-order valence-corrected chi connectivity index (χ2v) is 5.95. The second kappa shape index (κ2) is 5.48. The Balaban J connectivity index is 2.58. The third-order valence-corrected chi connectivity index (χ3v) is 3.95. The first-order valence-corrected chi connectivity index (χ1v) is 6.48. The Morgan fingerprint density at radius 2 is 2.00 bits per heavy atom. The molecular formula is C13H28N2O. The summed E-state index contributed by atoms with van der Waals surface area (Å²) in [5, 5.41) is 10.4. The summed E-state index contributed by atoms with van der Waals surface area (Å²) in [4.78, 5) is 4.82. The summed E-state index contributed by atoms with van der Waals surface area (Å²) in [7, 11) is 2.18. The first-order chi connectivity index (χ1) is 7.33. The molecule has 1 heterocycles. The third kappa shape index (κ3) is 3.72. The van der Waals surface area contributed by atoms with Gasteiger partial charge in [-0.25, -0.2) is 0 Å². The fourth-order valence-electron chi connectivity index (χ4n) is 2.25. The molecule has 3 heteroatoms. The topological polar surface area (TPSA) is 26.7 Å². The minimum atomic E-state index is -0.572. The molecule has 0 aliphatic carbocycles. The van der Waals surface area contributed by atoms with Crippen molar-refractivity contribution in [2.45, 2.75) is 45.8 Å². The van der Waals surface area contributed by atoms with Gasteiger partial charge in [-0.2, -0.15) is 0 Å². The molecule has 0 spiro atoms. The van der Waals surface area contributed by atoms with E-state index in [2.05, 4.69) is 37.6 Å². The van der Waals surface area contributed by atoms with Crippen LogP contribution in [0.2, 0.25) is 0 Å². The van der Waals surface area contributed by atoms with E-state index < -0.39 is 5.60 Å². The molecule has 2 atom stereocenters. The Labute approximate surface area is 100 Å². The van der Waals surface area contributed by atoms with E-state index in [1.165, 1.54) is 13.0 Å². The third-order valence-electron chi connectivity index (χ3n) is 3.95. The van der Waals surface area contributed by atoms with Crippen LogP contribution in [-0.4, -0.2) is 59.8 Å². The number of nitrogens with zero attached hydrogens (tertiary/aromatic N) is 2. The van der Waals surface area contributed by atoms with Crippen LogP contribution in [0.25, 0.3) is 0 Å². The van der Waals surface area contributed by atoms with E-state index in [0.717, 1.165) is 19.6 Å². The first-order valence-electron chi connectivity index (χ1n) is 6.48. The zero-order valence-corrected chi connectivity index (χ0v) is 11.5. The van der Waals surface area contributed by atoms with Crippen molar-refractivity contribution < 1.29 is 5.11 Å². The zero-order valence-electron chi connectivity index (χ0n) is 11.5. The molecule has 1 saturated heterocycles. The number of rotatable bonds is 3. The molecular weight excluding hydrogens is 200 g/mol. The second-order valence-electron chi connectivity index (χ2n) is 5.95. The van der Waals surface area contributed by atoms with Crippen molar-refractivity contribution in [3.05, 3.63) is 0 Å². The van der Waals surface area contributed by atoms with E-state index in [-0.39, 0.29) is 0 Å². The fourth-order valence-corrected chi connectivity index (χ4v) is 2.25. The largest absolute Gasteiger partial charge is 0.389 e.